The Labute approximate surface area is 127 Å². The number of nitrogens with one attached hydrogen (secondary N) is 1. The maximum Gasteiger partial charge on any atom is 0.278 e. The van der Waals surface area contributed by atoms with Gasteiger partial charge in [0.25, 0.3) is 5.56 Å². The van der Waals surface area contributed by atoms with Crippen LogP contribution in [0.15, 0.2) is 4.79 Å². The first-order valence-electron chi connectivity index (χ1n) is 7.01. The van der Waals surface area contributed by atoms with Gasteiger partial charge in [-0.05, 0) is 37.8 Å². The molecule has 0 atom stereocenters. The summed E-state index contributed by atoms with van der Waals surface area (Å²) in [6, 6.07) is 0. The highest BCUT2D eigenvalue weighted by Gasteiger charge is 2.21. The number of H-pyrrole nitrogens is 1. The van der Waals surface area contributed by atoms with Gasteiger partial charge in [-0.3, -0.25) is 14.3 Å². The molecule has 1 aliphatic rings. The molecule has 21 heavy (non-hydrogen) atoms. The molecule has 0 bridgehead atoms. The molecule has 0 spiro atoms. The van der Waals surface area contributed by atoms with E-state index in [1.165, 1.54) is 6.42 Å². The predicted molar refractivity (Wildman–Crippen MR) is 82.7 cm³/mol. The summed E-state index contributed by atoms with van der Waals surface area (Å²) in [7, 11) is 0. The van der Waals surface area contributed by atoms with Crippen LogP contribution in [-0.2, 0) is 6.54 Å². The zero-order valence-corrected chi connectivity index (χ0v) is 12.6. The minimum atomic E-state index is -0.279. The molecule has 3 rings (SSSR count). The van der Waals surface area contributed by atoms with Crippen molar-refractivity contribution in [1.29, 1.82) is 0 Å². The van der Waals surface area contributed by atoms with Crippen molar-refractivity contribution in [3.63, 3.8) is 0 Å². The molecule has 0 radical (unpaired) electrons. The second kappa shape index (κ2) is 5.78. The molecule has 0 unspecified atom stereocenters. The molecule has 1 saturated heterocycles. The van der Waals surface area contributed by atoms with Gasteiger partial charge in [-0.25, -0.2) is 0 Å². The fraction of sp³-hybridized carbons (Fsp3) is 0.500. The molecule has 0 aliphatic carbocycles. The Morgan fingerprint density at radius 2 is 2.05 bits per heavy atom. The smallest absolute Gasteiger partial charge is 0.278 e. The minimum Gasteiger partial charge on any atom is -0.342 e. The SMILES string of the molecule is CC#CCn1c(N2CCCCC2)nc2nc(Cl)[nH]c(=O)c21. The van der Waals surface area contributed by atoms with Gasteiger partial charge in [0.05, 0.1) is 6.54 Å². The highest BCUT2D eigenvalue weighted by atomic mass is 35.5. The summed E-state index contributed by atoms with van der Waals surface area (Å²) in [6.45, 7) is 4.08. The van der Waals surface area contributed by atoms with E-state index in [9.17, 15) is 4.79 Å². The van der Waals surface area contributed by atoms with E-state index in [1.807, 2.05) is 4.57 Å². The molecule has 0 amide bonds. The molecule has 7 heteroatoms. The Morgan fingerprint density at radius 3 is 2.76 bits per heavy atom. The van der Waals surface area contributed by atoms with Crippen molar-refractivity contribution in [2.75, 3.05) is 18.0 Å². The number of halogens is 1. The normalized spacial score (nSPS) is 15.0. The second-order valence-electron chi connectivity index (χ2n) is 5.00. The summed E-state index contributed by atoms with van der Waals surface area (Å²) in [5.74, 6) is 6.61. The van der Waals surface area contributed by atoms with E-state index in [-0.39, 0.29) is 10.8 Å². The lowest BCUT2D eigenvalue weighted by molar-refractivity contribution is 0.561. The second-order valence-corrected chi connectivity index (χ2v) is 5.36. The molecule has 2 aromatic rings. The summed E-state index contributed by atoms with van der Waals surface area (Å²) >= 11 is 5.82. The fourth-order valence-corrected chi connectivity index (χ4v) is 2.81. The molecule has 0 saturated carbocycles. The van der Waals surface area contributed by atoms with Gasteiger partial charge in [0.15, 0.2) is 11.2 Å². The van der Waals surface area contributed by atoms with Crippen LogP contribution in [0, 0.1) is 11.8 Å². The standard InChI is InChI=1S/C14H16ClN5O/c1-2-3-9-20-10-11(16-13(15)18-12(10)21)17-14(20)19-7-5-4-6-8-19/h4-9H2,1H3,(H,16,18,21). The van der Waals surface area contributed by atoms with E-state index in [1.54, 1.807) is 6.92 Å². The third-order valence-corrected chi connectivity index (χ3v) is 3.80. The van der Waals surface area contributed by atoms with Gasteiger partial charge in [0.2, 0.25) is 11.2 Å². The van der Waals surface area contributed by atoms with E-state index in [0.717, 1.165) is 31.9 Å². The average molecular weight is 306 g/mol. The molecule has 0 aromatic carbocycles. The van der Waals surface area contributed by atoms with Crippen molar-refractivity contribution in [3.8, 4) is 11.8 Å². The van der Waals surface area contributed by atoms with Crippen molar-refractivity contribution in [2.45, 2.75) is 32.7 Å². The Balaban J connectivity index is 2.18. The fourth-order valence-electron chi connectivity index (χ4n) is 2.65. The number of aromatic amines is 1. The summed E-state index contributed by atoms with van der Waals surface area (Å²) in [6.07, 6.45) is 3.50. The number of aromatic nitrogens is 4. The zero-order chi connectivity index (χ0) is 14.8. The number of fused-ring (bicyclic) bond motifs is 1. The Bertz CT molecular complexity index is 776. The van der Waals surface area contributed by atoms with Crippen LogP contribution in [0.2, 0.25) is 5.28 Å². The number of hydrogen-bond donors (Lipinski definition) is 1. The third kappa shape index (κ3) is 2.61. The first-order chi connectivity index (χ1) is 10.2. The summed E-state index contributed by atoms with van der Waals surface area (Å²) < 4.78 is 1.83. The average Bonchev–Trinajstić information content (AvgIpc) is 2.84. The number of nitrogens with zero attached hydrogens (tertiary/aromatic N) is 4. The van der Waals surface area contributed by atoms with Gasteiger partial charge in [0, 0.05) is 13.1 Å². The minimum absolute atomic E-state index is 0.0592. The van der Waals surface area contributed by atoms with Crippen LogP contribution in [-0.4, -0.2) is 32.6 Å². The van der Waals surface area contributed by atoms with E-state index in [4.69, 9.17) is 11.6 Å². The maximum atomic E-state index is 12.2. The number of anilines is 1. The molecule has 110 valence electrons. The molecule has 3 heterocycles. The topological polar surface area (TPSA) is 66.8 Å². The van der Waals surface area contributed by atoms with Gasteiger partial charge >= 0.3 is 0 Å². The summed E-state index contributed by atoms with van der Waals surface area (Å²) in [4.78, 5) is 25.5. The van der Waals surface area contributed by atoms with Crippen molar-refractivity contribution in [3.05, 3.63) is 15.6 Å². The molecular weight excluding hydrogens is 290 g/mol. The number of hydrogen-bond acceptors (Lipinski definition) is 4. The van der Waals surface area contributed by atoms with E-state index < -0.39 is 0 Å². The lowest BCUT2D eigenvalue weighted by Crippen LogP contribution is -2.32. The zero-order valence-electron chi connectivity index (χ0n) is 11.8. The van der Waals surface area contributed by atoms with Gasteiger partial charge in [-0.1, -0.05) is 5.92 Å². The van der Waals surface area contributed by atoms with Crippen molar-refractivity contribution >= 4 is 28.7 Å². The van der Waals surface area contributed by atoms with Gasteiger partial charge in [-0.2, -0.15) is 9.97 Å². The van der Waals surface area contributed by atoms with E-state index in [2.05, 4.69) is 31.7 Å². The van der Waals surface area contributed by atoms with Crippen LogP contribution < -0.4 is 10.5 Å². The summed E-state index contributed by atoms with van der Waals surface area (Å²) in [5, 5.41) is 0.0592. The Morgan fingerprint density at radius 1 is 1.29 bits per heavy atom. The lowest BCUT2D eigenvalue weighted by Gasteiger charge is -2.27. The van der Waals surface area contributed by atoms with Crippen molar-refractivity contribution < 1.29 is 0 Å². The Hall–Kier alpha value is -2.00. The molecule has 1 fully saturated rings. The van der Waals surface area contributed by atoms with Crippen LogP contribution in [0.1, 0.15) is 26.2 Å². The molecule has 1 aliphatic heterocycles. The van der Waals surface area contributed by atoms with Crippen LogP contribution in [0.3, 0.4) is 0 Å². The third-order valence-electron chi connectivity index (χ3n) is 3.62. The molecule has 1 N–H and O–H groups in total. The largest absolute Gasteiger partial charge is 0.342 e. The first kappa shape index (κ1) is 14.0. The molecular formula is C14H16ClN5O. The monoisotopic (exact) mass is 305 g/mol. The summed E-state index contributed by atoms with van der Waals surface area (Å²) in [5.41, 5.74) is 0.531. The molecule has 2 aromatic heterocycles. The van der Waals surface area contributed by atoms with Gasteiger partial charge < -0.3 is 4.90 Å². The van der Waals surface area contributed by atoms with Crippen LogP contribution in [0.4, 0.5) is 5.95 Å². The van der Waals surface area contributed by atoms with Gasteiger partial charge in [-0.15, -0.1) is 5.92 Å². The van der Waals surface area contributed by atoms with Crippen molar-refractivity contribution in [1.82, 2.24) is 19.5 Å². The van der Waals surface area contributed by atoms with E-state index in [0.29, 0.717) is 17.7 Å². The number of rotatable bonds is 2. The van der Waals surface area contributed by atoms with E-state index >= 15 is 0 Å². The quantitative estimate of drug-likeness (QED) is 0.678. The highest BCUT2D eigenvalue weighted by Crippen LogP contribution is 2.22. The Kier molecular flexibility index (Phi) is 3.84. The molecule has 6 nitrogen and oxygen atoms in total. The number of piperidine rings is 1. The number of imidazole rings is 1. The van der Waals surface area contributed by atoms with Crippen LogP contribution in [0.25, 0.3) is 11.2 Å². The van der Waals surface area contributed by atoms with Crippen LogP contribution in [0.5, 0.6) is 0 Å². The van der Waals surface area contributed by atoms with Gasteiger partial charge in [0.1, 0.15) is 0 Å². The highest BCUT2D eigenvalue weighted by molar-refractivity contribution is 6.28. The van der Waals surface area contributed by atoms with Crippen molar-refractivity contribution in [2.24, 2.45) is 0 Å². The van der Waals surface area contributed by atoms with Crippen LogP contribution >= 0.6 is 11.6 Å². The maximum absolute atomic E-state index is 12.2. The first-order valence-corrected chi connectivity index (χ1v) is 7.39. The lowest BCUT2D eigenvalue weighted by atomic mass is 10.1. The predicted octanol–water partition coefficient (Wildman–Crippen LogP) is 1.79.